The van der Waals surface area contributed by atoms with Gasteiger partial charge in [-0.3, -0.25) is 9.59 Å². The number of hydrogen-bond donors (Lipinski definition) is 1. The Hall–Kier alpha value is -2.64. The predicted octanol–water partition coefficient (Wildman–Crippen LogP) is 6.22. The van der Waals surface area contributed by atoms with E-state index in [0.717, 1.165) is 16.2 Å². The molecule has 1 saturated heterocycles. The summed E-state index contributed by atoms with van der Waals surface area (Å²) in [5, 5.41) is 4.55. The van der Waals surface area contributed by atoms with Gasteiger partial charge in [-0.05, 0) is 60.6 Å². The van der Waals surface area contributed by atoms with Crippen molar-refractivity contribution < 1.29 is 9.59 Å². The third-order valence-electron chi connectivity index (χ3n) is 5.50. The van der Waals surface area contributed by atoms with Crippen molar-refractivity contribution in [1.29, 1.82) is 0 Å². The zero-order valence-corrected chi connectivity index (χ0v) is 21.0. The van der Waals surface area contributed by atoms with E-state index in [1.54, 1.807) is 47.4 Å². The van der Waals surface area contributed by atoms with Crippen LogP contribution in [-0.4, -0.2) is 34.4 Å². The molecule has 1 unspecified atom stereocenters. The van der Waals surface area contributed by atoms with E-state index >= 15 is 0 Å². The number of carbonyl (C=O) groups is 2. The highest BCUT2D eigenvalue weighted by Crippen LogP contribution is 2.37. The minimum atomic E-state index is -0.796. The largest absolute Gasteiger partial charge is 0.336 e. The van der Waals surface area contributed by atoms with Crippen molar-refractivity contribution in [3.05, 3.63) is 93.4 Å². The smallest absolute Gasteiger partial charge is 0.257 e. The maximum absolute atomic E-state index is 13.5. The summed E-state index contributed by atoms with van der Waals surface area (Å²) in [4.78, 5) is 29.3. The molecule has 34 heavy (non-hydrogen) atoms. The summed E-state index contributed by atoms with van der Waals surface area (Å²) in [6.07, 6.45) is 0.589. The zero-order valence-electron chi connectivity index (χ0n) is 17.9. The van der Waals surface area contributed by atoms with E-state index in [4.69, 9.17) is 47.0 Å². The number of para-hydroxylation sites is 1. The number of benzene rings is 3. The lowest BCUT2D eigenvalue weighted by atomic mass is 10.1. The van der Waals surface area contributed by atoms with E-state index < -0.39 is 11.9 Å². The van der Waals surface area contributed by atoms with E-state index in [0.29, 0.717) is 23.1 Å². The standard InChI is InChI=1S/C25H20Cl3N3O2S/c26-17-9-11-18(12-10-17)29-25(34)30(14-13-16-5-2-1-3-6-16)21-15-22(32)31(24(21)33)23-19(27)7-4-8-20(23)28/h1-12,21H,13-15H2,(H,29,34). The summed E-state index contributed by atoms with van der Waals surface area (Å²) >= 11 is 24.3. The van der Waals surface area contributed by atoms with Crippen LogP contribution in [0.2, 0.25) is 15.1 Å². The molecule has 0 spiro atoms. The van der Waals surface area contributed by atoms with Crippen LogP contribution < -0.4 is 10.2 Å². The number of anilines is 2. The fraction of sp³-hybridized carbons (Fsp3) is 0.160. The topological polar surface area (TPSA) is 52.7 Å². The summed E-state index contributed by atoms with van der Waals surface area (Å²) < 4.78 is 0. The molecule has 0 aromatic heterocycles. The van der Waals surface area contributed by atoms with Crippen LogP contribution in [0, 0.1) is 0 Å². The molecule has 9 heteroatoms. The Morgan fingerprint density at radius 3 is 2.24 bits per heavy atom. The number of amides is 2. The first-order valence-corrected chi connectivity index (χ1v) is 12.1. The molecule has 1 fully saturated rings. The molecule has 0 radical (unpaired) electrons. The highest BCUT2D eigenvalue weighted by Gasteiger charge is 2.44. The minimum Gasteiger partial charge on any atom is -0.336 e. The van der Waals surface area contributed by atoms with Crippen molar-refractivity contribution in [2.45, 2.75) is 18.9 Å². The molecule has 0 saturated carbocycles. The predicted molar refractivity (Wildman–Crippen MR) is 142 cm³/mol. The van der Waals surface area contributed by atoms with Gasteiger partial charge < -0.3 is 10.2 Å². The molecule has 174 valence electrons. The number of nitrogens with zero attached hydrogens (tertiary/aromatic N) is 2. The van der Waals surface area contributed by atoms with Crippen LogP contribution in [0.4, 0.5) is 11.4 Å². The number of nitrogens with one attached hydrogen (secondary N) is 1. The summed E-state index contributed by atoms with van der Waals surface area (Å²) in [7, 11) is 0. The summed E-state index contributed by atoms with van der Waals surface area (Å²) in [6, 6.07) is 21.0. The number of imide groups is 1. The lowest BCUT2D eigenvalue weighted by molar-refractivity contribution is -0.122. The molecule has 5 nitrogen and oxygen atoms in total. The number of carbonyl (C=O) groups excluding carboxylic acids is 2. The average molecular weight is 533 g/mol. The fourth-order valence-electron chi connectivity index (χ4n) is 3.82. The van der Waals surface area contributed by atoms with Gasteiger partial charge in [-0.2, -0.15) is 0 Å². The van der Waals surface area contributed by atoms with Gasteiger partial charge in [-0.1, -0.05) is 71.2 Å². The number of thiocarbonyl (C=S) groups is 1. The maximum atomic E-state index is 13.5. The number of rotatable bonds is 6. The molecule has 1 atom stereocenters. The van der Waals surface area contributed by atoms with Crippen LogP contribution in [0.25, 0.3) is 0 Å². The van der Waals surface area contributed by atoms with Crippen LogP contribution in [0.5, 0.6) is 0 Å². The highest BCUT2D eigenvalue weighted by molar-refractivity contribution is 7.80. The monoisotopic (exact) mass is 531 g/mol. The van der Waals surface area contributed by atoms with Crippen LogP contribution in [0.1, 0.15) is 12.0 Å². The normalized spacial score (nSPS) is 15.5. The van der Waals surface area contributed by atoms with Gasteiger partial charge in [0, 0.05) is 17.3 Å². The van der Waals surface area contributed by atoms with Crippen LogP contribution in [0.3, 0.4) is 0 Å². The Labute approximate surface area is 218 Å². The van der Waals surface area contributed by atoms with Gasteiger partial charge in [0.1, 0.15) is 6.04 Å². The Bertz CT molecular complexity index is 1200. The SMILES string of the molecule is O=C1CC(N(CCc2ccccc2)C(=S)Nc2ccc(Cl)cc2)C(=O)N1c1c(Cl)cccc1Cl. The average Bonchev–Trinajstić information content (AvgIpc) is 3.10. The molecular weight excluding hydrogens is 513 g/mol. The quantitative estimate of drug-likeness (QED) is 0.302. The van der Waals surface area contributed by atoms with E-state index in [1.807, 2.05) is 30.3 Å². The second kappa shape index (κ2) is 10.7. The second-order valence-corrected chi connectivity index (χ2v) is 9.36. The van der Waals surface area contributed by atoms with Crippen LogP contribution in [-0.2, 0) is 16.0 Å². The van der Waals surface area contributed by atoms with Crippen molar-refractivity contribution in [2.24, 2.45) is 0 Å². The summed E-state index contributed by atoms with van der Waals surface area (Å²) in [6.45, 7) is 0.428. The maximum Gasteiger partial charge on any atom is 0.257 e. The molecule has 1 aliphatic rings. The van der Waals surface area contributed by atoms with Gasteiger partial charge in [-0.25, -0.2) is 4.90 Å². The van der Waals surface area contributed by atoms with E-state index in [1.165, 1.54) is 0 Å². The Balaban J connectivity index is 1.62. The Morgan fingerprint density at radius 1 is 0.941 bits per heavy atom. The number of hydrogen-bond acceptors (Lipinski definition) is 3. The van der Waals surface area contributed by atoms with Gasteiger partial charge in [-0.15, -0.1) is 0 Å². The Kier molecular flexibility index (Phi) is 7.73. The summed E-state index contributed by atoms with van der Waals surface area (Å²) in [5.41, 5.74) is 2.01. The molecule has 3 aromatic rings. The van der Waals surface area contributed by atoms with Crippen molar-refractivity contribution in [2.75, 3.05) is 16.8 Å². The van der Waals surface area contributed by atoms with E-state index in [9.17, 15) is 9.59 Å². The van der Waals surface area contributed by atoms with Gasteiger partial charge >= 0.3 is 0 Å². The number of halogens is 3. The molecule has 1 N–H and O–H groups in total. The van der Waals surface area contributed by atoms with Gasteiger partial charge in [0.2, 0.25) is 5.91 Å². The zero-order chi connectivity index (χ0) is 24.2. The van der Waals surface area contributed by atoms with Crippen molar-refractivity contribution in [3.8, 4) is 0 Å². The molecule has 3 aromatic carbocycles. The van der Waals surface area contributed by atoms with Crippen molar-refractivity contribution >= 4 is 75.3 Å². The van der Waals surface area contributed by atoms with Crippen LogP contribution >= 0.6 is 47.0 Å². The molecular formula is C25H20Cl3N3O2S. The lowest BCUT2D eigenvalue weighted by Crippen LogP contribution is -2.48. The van der Waals surface area contributed by atoms with Gasteiger partial charge in [0.15, 0.2) is 5.11 Å². The van der Waals surface area contributed by atoms with Gasteiger partial charge in [0.05, 0.1) is 22.2 Å². The molecule has 4 rings (SSSR count). The van der Waals surface area contributed by atoms with Gasteiger partial charge in [0.25, 0.3) is 5.91 Å². The third kappa shape index (κ3) is 5.36. The van der Waals surface area contributed by atoms with Crippen LogP contribution in [0.15, 0.2) is 72.8 Å². The lowest BCUT2D eigenvalue weighted by Gasteiger charge is -2.30. The van der Waals surface area contributed by atoms with E-state index in [2.05, 4.69) is 5.32 Å². The minimum absolute atomic E-state index is 0.0440. The second-order valence-electron chi connectivity index (χ2n) is 7.72. The molecule has 1 aliphatic heterocycles. The fourth-order valence-corrected chi connectivity index (χ4v) is 4.85. The third-order valence-corrected chi connectivity index (χ3v) is 6.70. The summed E-state index contributed by atoms with van der Waals surface area (Å²) in [5.74, 6) is -0.808. The molecule has 2 amide bonds. The van der Waals surface area contributed by atoms with Crippen molar-refractivity contribution in [3.63, 3.8) is 0 Å². The first-order valence-electron chi connectivity index (χ1n) is 10.5. The van der Waals surface area contributed by atoms with E-state index in [-0.39, 0.29) is 28.1 Å². The molecule has 0 aliphatic carbocycles. The Morgan fingerprint density at radius 2 is 1.59 bits per heavy atom. The highest BCUT2D eigenvalue weighted by atomic mass is 35.5. The van der Waals surface area contributed by atoms with Crippen molar-refractivity contribution in [1.82, 2.24) is 4.90 Å². The molecule has 1 heterocycles. The first kappa shape index (κ1) is 24.5. The first-order chi connectivity index (χ1) is 16.3. The molecule has 0 bridgehead atoms.